The highest BCUT2D eigenvalue weighted by Gasteiger charge is 2.05. The Morgan fingerprint density at radius 1 is 0.857 bits per heavy atom. The second-order valence-electron chi connectivity index (χ2n) is 3.76. The molecular formula is C18H23N3. The molecule has 0 heterocycles. The molecule has 0 aromatic heterocycles. The summed E-state index contributed by atoms with van der Waals surface area (Å²) in [5, 5.41) is 0. The normalized spacial score (nSPS) is 14.8. The van der Waals surface area contributed by atoms with E-state index in [2.05, 4.69) is 34.7 Å². The lowest BCUT2D eigenvalue weighted by atomic mass is 10.2. The fourth-order valence-corrected chi connectivity index (χ4v) is 1.41. The molecule has 0 aromatic carbocycles. The van der Waals surface area contributed by atoms with Crippen LogP contribution in [0.15, 0.2) is 88.8 Å². The summed E-state index contributed by atoms with van der Waals surface area (Å²) in [4.78, 5) is 13.1. The summed E-state index contributed by atoms with van der Waals surface area (Å²) >= 11 is 0. The van der Waals surface area contributed by atoms with E-state index in [1.54, 1.807) is 30.6 Å². The molecule has 0 atom stereocenters. The maximum atomic E-state index is 4.57. The molecule has 3 nitrogen and oxygen atoms in total. The van der Waals surface area contributed by atoms with Crippen LogP contribution in [0.4, 0.5) is 0 Å². The van der Waals surface area contributed by atoms with Crippen molar-refractivity contribution in [3.05, 3.63) is 73.8 Å². The van der Waals surface area contributed by atoms with Crippen molar-refractivity contribution >= 4 is 17.6 Å². The minimum Gasteiger partial charge on any atom is -0.255 e. The average molecular weight is 281 g/mol. The van der Waals surface area contributed by atoms with E-state index in [1.165, 1.54) is 0 Å². The lowest BCUT2D eigenvalue weighted by Crippen LogP contribution is -2.03. The molecule has 0 aliphatic carbocycles. The van der Waals surface area contributed by atoms with Crippen molar-refractivity contribution in [2.75, 3.05) is 0 Å². The second-order valence-corrected chi connectivity index (χ2v) is 3.76. The molecule has 0 aromatic rings. The van der Waals surface area contributed by atoms with Crippen molar-refractivity contribution in [1.29, 1.82) is 0 Å². The van der Waals surface area contributed by atoms with Gasteiger partial charge in [-0.3, -0.25) is 9.98 Å². The minimum absolute atomic E-state index is 0.665. The number of rotatable bonds is 8. The monoisotopic (exact) mass is 281 g/mol. The van der Waals surface area contributed by atoms with Crippen LogP contribution in [0, 0.1) is 0 Å². The van der Waals surface area contributed by atoms with Gasteiger partial charge in [-0.15, -0.1) is 0 Å². The summed E-state index contributed by atoms with van der Waals surface area (Å²) in [5.74, 6) is 0. The largest absolute Gasteiger partial charge is 0.255 e. The van der Waals surface area contributed by atoms with Gasteiger partial charge in [-0.05, 0) is 32.9 Å². The van der Waals surface area contributed by atoms with Gasteiger partial charge < -0.3 is 0 Å². The van der Waals surface area contributed by atoms with E-state index in [0.717, 1.165) is 5.70 Å². The van der Waals surface area contributed by atoms with Gasteiger partial charge in [-0.25, -0.2) is 4.99 Å². The number of hydrogen-bond donors (Lipinski definition) is 0. The Morgan fingerprint density at radius 2 is 1.48 bits per heavy atom. The molecular weight excluding hydrogens is 258 g/mol. The molecule has 3 heteroatoms. The van der Waals surface area contributed by atoms with Gasteiger partial charge in [0, 0.05) is 12.4 Å². The molecule has 0 bridgehead atoms. The van der Waals surface area contributed by atoms with Crippen LogP contribution in [-0.4, -0.2) is 17.6 Å². The quantitative estimate of drug-likeness (QED) is 0.571. The number of nitrogens with zero attached hydrogens (tertiary/aromatic N) is 3. The average Bonchev–Trinajstić information content (AvgIpc) is 2.52. The Balaban J connectivity index is 5.75. The molecule has 0 N–H and O–H groups in total. The van der Waals surface area contributed by atoms with E-state index in [9.17, 15) is 0 Å². The van der Waals surface area contributed by atoms with Gasteiger partial charge in [0.25, 0.3) is 0 Å². The molecule has 0 aliphatic heterocycles. The second kappa shape index (κ2) is 11.3. The van der Waals surface area contributed by atoms with Crippen molar-refractivity contribution in [3.8, 4) is 0 Å². The van der Waals surface area contributed by atoms with Crippen molar-refractivity contribution in [2.24, 2.45) is 15.0 Å². The summed E-state index contributed by atoms with van der Waals surface area (Å²) in [5.41, 5.74) is 2.79. The lowest BCUT2D eigenvalue weighted by Gasteiger charge is -2.05. The zero-order valence-corrected chi connectivity index (χ0v) is 13.1. The summed E-state index contributed by atoms with van der Waals surface area (Å²) in [6, 6.07) is 0. The van der Waals surface area contributed by atoms with Gasteiger partial charge in [0.05, 0.1) is 22.8 Å². The number of hydrogen-bond acceptors (Lipinski definition) is 3. The highest BCUT2D eigenvalue weighted by molar-refractivity contribution is 6.14. The van der Waals surface area contributed by atoms with Crippen molar-refractivity contribution < 1.29 is 0 Å². The van der Waals surface area contributed by atoms with Crippen molar-refractivity contribution in [2.45, 2.75) is 20.8 Å². The molecule has 21 heavy (non-hydrogen) atoms. The molecule has 0 unspecified atom stereocenters. The molecule has 0 fully saturated rings. The molecule has 0 spiro atoms. The maximum absolute atomic E-state index is 4.57. The van der Waals surface area contributed by atoms with Crippen LogP contribution in [0.5, 0.6) is 0 Å². The van der Waals surface area contributed by atoms with E-state index < -0.39 is 0 Å². The number of allylic oxidation sites excluding steroid dienone is 6. The zero-order valence-electron chi connectivity index (χ0n) is 13.1. The first-order chi connectivity index (χ1) is 10.2. The predicted molar refractivity (Wildman–Crippen MR) is 96.3 cm³/mol. The first kappa shape index (κ1) is 18.4. The van der Waals surface area contributed by atoms with E-state index >= 15 is 0 Å². The Kier molecular flexibility index (Phi) is 9.92. The van der Waals surface area contributed by atoms with Crippen LogP contribution in [-0.2, 0) is 0 Å². The molecule has 0 saturated carbocycles. The Morgan fingerprint density at radius 3 is 1.90 bits per heavy atom. The lowest BCUT2D eigenvalue weighted by molar-refractivity contribution is 1.36. The predicted octanol–water partition coefficient (Wildman–Crippen LogP) is 4.84. The Labute approximate surface area is 127 Å². The van der Waals surface area contributed by atoms with E-state index in [0.29, 0.717) is 17.1 Å². The highest BCUT2D eigenvalue weighted by atomic mass is 14.9. The molecule has 110 valence electrons. The van der Waals surface area contributed by atoms with Gasteiger partial charge in [0.2, 0.25) is 0 Å². The van der Waals surface area contributed by atoms with Gasteiger partial charge >= 0.3 is 0 Å². The van der Waals surface area contributed by atoms with Crippen LogP contribution >= 0.6 is 0 Å². The maximum Gasteiger partial charge on any atom is 0.0884 e. The minimum atomic E-state index is 0.665. The fraction of sp³-hybridized carbons (Fsp3) is 0.167. The van der Waals surface area contributed by atoms with E-state index in [1.807, 2.05) is 39.0 Å². The third-order valence-electron chi connectivity index (χ3n) is 2.38. The van der Waals surface area contributed by atoms with Crippen LogP contribution in [0.2, 0.25) is 0 Å². The Hall–Kier alpha value is -2.55. The van der Waals surface area contributed by atoms with Crippen LogP contribution < -0.4 is 0 Å². The molecule has 0 aliphatic rings. The summed E-state index contributed by atoms with van der Waals surface area (Å²) < 4.78 is 0. The summed E-state index contributed by atoms with van der Waals surface area (Å²) in [7, 11) is 0. The number of aliphatic imine (C=N–C) groups is 3. The molecule has 0 rings (SSSR count). The third-order valence-corrected chi connectivity index (χ3v) is 2.38. The first-order valence-electron chi connectivity index (χ1n) is 6.69. The van der Waals surface area contributed by atoms with Gasteiger partial charge in [-0.1, -0.05) is 44.0 Å². The van der Waals surface area contributed by atoms with Crippen LogP contribution in [0.1, 0.15) is 20.8 Å². The van der Waals surface area contributed by atoms with Crippen molar-refractivity contribution in [3.63, 3.8) is 0 Å². The standard InChI is InChI=1S/C18H23N3/c1-7-13-19-15(9-3)17(11-5)21-18(12-6)16(10-4)20-14-8-2/h7-14H,1,4-5H2,2-3,6H3/b14-8-,15-9-,18-12-,19-13-,20-16+,21-17+. The summed E-state index contributed by atoms with van der Waals surface area (Å²) in [6.45, 7) is 16.9. The molecule has 0 radical (unpaired) electrons. The first-order valence-corrected chi connectivity index (χ1v) is 6.69. The Bertz CT molecular complexity index is 553. The van der Waals surface area contributed by atoms with Crippen LogP contribution in [0.25, 0.3) is 0 Å². The molecule has 0 saturated heterocycles. The van der Waals surface area contributed by atoms with Crippen LogP contribution in [0.3, 0.4) is 0 Å². The SMILES string of the molecule is C=C\C=N/C(=C\C)C(/C=C)=N/C(=C\C)C(/C=C)=N/C=C\C. The van der Waals surface area contributed by atoms with Gasteiger partial charge in [0.15, 0.2) is 0 Å². The van der Waals surface area contributed by atoms with E-state index in [-0.39, 0.29) is 0 Å². The zero-order chi connectivity index (χ0) is 16.1. The fourth-order valence-electron chi connectivity index (χ4n) is 1.41. The van der Waals surface area contributed by atoms with Gasteiger partial charge in [-0.2, -0.15) is 0 Å². The third kappa shape index (κ3) is 6.43. The smallest absolute Gasteiger partial charge is 0.0884 e. The van der Waals surface area contributed by atoms with Crippen molar-refractivity contribution in [1.82, 2.24) is 0 Å². The summed E-state index contributed by atoms with van der Waals surface area (Å²) in [6.07, 6.45) is 13.9. The van der Waals surface area contributed by atoms with Gasteiger partial charge in [0.1, 0.15) is 0 Å². The molecule has 0 amide bonds. The topological polar surface area (TPSA) is 37.1 Å². The van der Waals surface area contributed by atoms with E-state index in [4.69, 9.17) is 0 Å². The highest BCUT2D eigenvalue weighted by Crippen LogP contribution is 2.09.